The van der Waals surface area contributed by atoms with Gasteiger partial charge in [-0.25, -0.2) is 0 Å². The Morgan fingerprint density at radius 2 is 2.10 bits per heavy atom. The molecule has 0 bridgehead atoms. The van der Waals surface area contributed by atoms with E-state index in [4.69, 9.17) is 4.55 Å². The molecule has 0 fully saturated rings. The van der Waals surface area contributed by atoms with Crippen molar-refractivity contribution in [3.05, 3.63) is 0 Å². The van der Waals surface area contributed by atoms with Gasteiger partial charge in [-0.15, -0.1) is 11.8 Å². The van der Waals surface area contributed by atoms with E-state index in [1.165, 1.54) is 11.8 Å². The largest absolute Gasteiger partial charge is 0.285 e. The first-order chi connectivity index (χ1) is 4.56. The van der Waals surface area contributed by atoms with E-state index in [-0.39, 0.29) is 5.08 Å². The van der Waals surface area contributed by atoms with Crippen LogP contribution in [0.3, 0.4) is 0 Å². The van der Waals surface area contributed by atoms with Gasteiger partial charge in [0.25, 0.3) is 10.1 Å². The van der Waals surface area contributed by atoms with Gasteiger partial charge in [0.2, 0.25) is 0 Å². The molecule has 0 spiro atoms. The molecule has 0 rings (SSSR count). The number of hydrogen-bond acceptors (Lipinski definition) is 3. The highest BCUT2D eigenvalue weighted by atomic mass is 32.3. The van der Waals surface area contributed by atoms with Crippen molar-refractivity contribution >= 4 is 21.9 Å². The van der Waals surface area contributed by atoms with Crippen molar-refractivity contribution in [2.75, 3.05) is 10.8 Å². The van der Waals surface area contributed by atoms with Gasteiger partial charge in [-0.2, -0.15) is 8.42 Å². The quantitative estimate of drug-likeness (QED) is 0.518. The fourth-order valence-electron chi connectivity index (χ4n) is 0.411. The lowest BCUT2D eigenvalue weighted by atomic mass is 10.4. The highest BCUT2D eigenvalue weighted by molar-refractivity contribution is 8.10. The number of thioether (sulfide) groups is 1. The Morgan fingerprint density at radius 1 is 1.50 bits per heavy atom. The summed E-state index contributed by atoms with van der Waals surface area (Å²) in [6, 6.07) is 0. The van der Waals surface area contributed by atoms with Crippen molar-refractivity contribution in [2.24, 2.45) is 0 Å². The van der Waals surface area contributed by atoms with Gasteiger partial charge in [0.05, 0.1) is 0 Å². The second-order valence-electron chi connectivity index (χ2n) is 1.96. The Hall–Kier alpha value is 0.260. The van der Waals surface area contributed by atoms with Crippen LogP contribution >= 0.6 is 11.8 Å². The summed E-state index contributed by atoms with van der Waals surface area (Å²) in [6.07, 6.45) is 2.05. The van der Waals surface area contributed by atoms with Gasteiger partial charge in [-0.3, -0.25) is 4.55 Å². The molecule has 0 atom stereocenters. The molecule has 0 radical (unpaired) electrons. The lowest BCUT2D eigenvalue weighted by molar-refractivity contribution is 0.489. The van der Waals surface area contributed by atoms with Crippen LogP contribution < -0.4 is 0 Å². The van der Waals surface area contributed by atoms with Crippen LogP contribution in [0.25, 0.3) is 0 Å². The minimum atomic E-state index is -3.74. The molecule has 10 heavy (non-hydrogen) atoms. The highest BCUT2D eigenvalue weighted by Gasteiger charge is 2.02. The molecule has 0 aromatic heterocycles. The molecule has 62 valence electrons. The third kappa shape index (κ3) is 8.26. The molecule has 0 aromatic carbocycles. The van der Waals surface area contributed by atoms with E-state index in [1.54, 1.807) is 0 Å². The van der Waals surface area contributed by atoms with Gasteiger partial charge in [0.15, 0.2) is 0 Å². The van der Waals surface area contributed by atoms with Crippen LogP contribution in [0, 0.1) is 0 Å². The van der Waals surface area contributed by atoms with Gasteiger partial charge in [-0.05, 0) is 12.2 Å². The molecular formula is C5H12O3S2. The first-order valence-electron chi connectivity index (χ1n) is 3.09. The van der Waals surface area contributed by atoms with Crippen molar-refractivity contribution in [3.8, 4) is 0 Å². The van der Waals surface area contributed by atoms with Crippen LogP contribution in [-0.4, -0.2) is 23.8 Å². The van der Waals surface area contributed by atoms with E-state index in [2.05, 4.69) is 0 Å². The summed E-state index contributed by atoms with van der Waals surface area (Å²) < 4.78 is 28.5. The zero-order valence-corrected chi connectivity index (χ0v) is 7.54. The fourth-order valence-corrected chi connectivity index (χ4v) is 2.22. The minimum absolute atomic E-state index is 0.174. The van der Waals surface area contributed by atoms with Crippen molar-refractivity contribution in [2.45, 2.75) is 19.8 Å². The number of hydrogen-bond donors (Lipinski definition) is 1. The van der Waals surface area contributed by atoms with Crippen molar-refractivity contribution < 1.29 is 13.0 Å². The zero-order chi connectivity index (χ0) is 8.04. The summed E-state index contributed by atoms with van der Waals surface area (Å²) in [4.78, 5) is 0. The van der Waals surface area contributed by atoms with E-state index < -0.39 is 10.1 Å². The van der Waals surface area contributed by atoms with E-state index in [1.807, 2.05) is 6.92 Å². The molecule has 5 heteroatoms. The lowest BCUT2D eigenvalue weighted by Gasteiger charge is -1.95. The van der Waals surface area contributed by atoms with E-state index >= 15 is 0 Å². The summed E-state index contributed by atoms with van der Waals surface area (Å²) >= 11 is 1.25. The van der Waals surface area contributed by atoms with Gasteiger partial charge in [0.1, 0.15) is 5.08 Å². The normalized spacial score (nSPS) is 11.8. The van der Waals surface area contributed by atoms with Gasteiger partial charge >= 0.3 is 0 Å². The van der Waals surface area contributed by atoms with Crippen LogP contribution in [0.15, 0.2) is 0 Å². The summed E-state index contributed by atoms with van der Waals surface area (Å²) in [6.45, 7) is 2.04. The van der Waals surface area contributed by atoms with Gasteiger partial charge in [0, 0.05) is 0 Å². The first kappa shape index (κ1) is 10.3. The second kappa shape index (κ2) is 4.98. The molecule has 3 nitrogen and oxygen atoms in total. The fraction of sp³-hybridized carbons (Fsp3) is 1.00. The van der Waals surface area contributed by atoms with Crippen LogP contribution in [-0.2, 0) is 10.1 Å². The average molecular weight is 184 g/mol. The Kier molecular flexibility index (Phi) is 5.11. The Labute approximate surface area is 66.0 Å². The van der Waals surface area contributed by atoms with Crippen LogP contribution in [0.1, 0.15) is 19.8 Å². The molecule has 0 heterocycles. The van der Waals surface area contributed by atoms with Crippen molar-refractivity contribution in [3.63, 3.8) is 0 Å². The maximum absolute atomic E-state index is 10.1. The minimum Gasteiger partial charge on any atom is -0.285 e. The van der Waals surface area contributed by atoms with Gasteiger partial charge in [-0.1, -0.05) is 13.3 Å². The zero-order valence-electron chi connectivity index (χ0n) is 5.91. The summed E-state index contributed by atoms with van der Waals surface area (Å²) in [5.41, 5.74) is 0. The summed E-state index contributed by atoms with van der Waals surface area (Å²) in [7, 11) is -3.74. The molecule has 0 aliphatic rings. The number of rotatable bonds is 5. The highest BCUT2D eigenvalue weighted by Crippen LogP contribution is 2.06. The third-order valence-electron chi connectivity index (χ3n) is 0.874. The molecular weight excluding hydrogens is 172 g/mol. The molecule has 0 aliphatic carbocycles. The molecule has 0 saturated heterocycles. The van der Waals surface area contributed by atoms with Crippen molar-refractivity contribution in [1.82, 2.24) is 0 Å². The maximum Gasteiger partial charge on any atom is 0.274 e. The molecule has 0 amide bonds. The van der Waals surface area contributed by atoms with E-state index in [0.29, 0.717) is 0 Å². The third-order valence-corrected chi connectivity index (χ3v) is 3.31. The molecule has 0 unspecified atom stereocenters. The topological polar surface area (TPSA) is 54.4 Å². The Morgan fingerprint density at radius 3 is 2.50 bits per heavy atom. The number of unbranched alkanes of at least 4 members (excludes halogenated alkanes) is 1. The standard InChI is InChI=1S/C5H12O3S2/c1-2-3-4-9-5-10(6,7)8/h2-5H2,1H3,(H,6,7,8). The lowest BCUT2D eigenvalue weighted by Crippen LogP contribution is -2.00. The van der Waals surface area contributed by atoms with Crippen molar-refractivity contribution in [1.29, 1.82) is 0 Å². The predicted molar refractivity (Wildman–Crippen MR) is 43.8 cm³/mol. The smallest absolute Gasteiger partial charge is 0.274 e. The van der Waals surface area contributed by atoms with E-state index in [9.17, 15) is 8.42 Å². The SMILES string of the molecule is CCCCSCS(=O)(=O)O. The van der Waals surface area contributed by atoms with Crippen LogP contribution in [0.5, 0.6) is 0 Å². The molecule has 0 aliphatic heterocycles. The van der Waals surface area contributed by atoms with E-state index in [0.717, 1.165) is 18.6 Å². The predicted octanol–water partition coefficient (Wildman–Crippen LogP) is 1.37. The summed E-state index contributed by atoms with van der Waals surface area (Å²) in [5.74, 6) is 0.802. The maximum atomic E-state index is 10.1. The summed E-state index contributed by atoms with van der Waals surface area (Å²) in [5, 5.41) is -0.174. The average Bonchev–Trinajstić information content (AvgIpc) is 1.78. The molecule has 0 saturated carbocycles. The Balaban J connectivity index is 3.21. The molecule has 0 aromatic rings. The monoisotopic (exact) mass is 184 g/mol. The van der Waals surface area contributed by atoms with Crippen LogP contribution in [0.4, 0.5) is 0 Å². The second-order valence-corrected chi connectivity index (χ2v) is 4.88. The molecule has 1 N–H and O–H groups in total. The first-order valence-corrected chi connectivity index (χ1v) is 5.85. The van der Waals surface area contributed by atoms with Crippen LogP contribution in [0.2, 0.25) is 0 Å². The van der Waals surface area contributed by atoms with Gasteiger partial charge < -0.3 is 0 Å². The Bertz CT molecular complexity index is 162.